The molecule has 0 amide bonds. The van der Waals surface area contributed by atoms with Crippen LogP contribution in [-0.2, 0) is 13.1 Å². The Morgan fingerprint density at radius 1 is 0.750 bits per heavy atom. The molecular weight excluding hydrogens is 294 g/mol. The van der Waals surface area contributed by atoms with Gasteiger partial charge in [-0.2, -0.15) is 0 Å². The topological polar surface area (TPSA) is 31.9 Å². The maximum absolute atomic E-state index is 4.31. The number of hydrogen-bond donors (Lipinski definition) is 1. The van der Waals surface area contributed by atoms with E-state index in [1.165, 1.54) is 16.8 Å². The van der Waals surface area contributed by atoms with Crippen molar-refractivity contribution in [3.8, 4) is 0 Å². The molecule has 1 N–H and O–H groups in total. The zero-order valence-corrected chi connectivity index (χ0v) is 13.4. The monoisotopic (exact) mass is 313 g/mol. The molecule has 0 spiro atoms. The van der Waals surface area contributed by atoms with Crippen LogP contribution in [0.15, 0.2) is 85.2 Å². The van der Waals surface area contributed by atoms with E-state index in [-0.39, 0.29) is 0 Å². The summed E-state index contributed by atoms with van der Waals surface area (Å²) in [6, 6.07) is 27.6. The van der Waals surface area contributed by atoms with Gasteiger partial charge in [0.2, 0.25) is 0 Å². The second-order valence-electron chi connectivity index (χ2n) is 5.93. The fourth-order valence-corrected chi connectivity index (χ4v) is 2.97. The van der Waals surface area contributed by atoms with Crippen LogP contribution >= 0.6 is 0 Å². The highest BCUT2D eigenvalue weighted by molar-refractivity contribution is 5.79. The third-order valence-corrected chi connectivity index (χ3v) is 4.20. The number of aromatic amines is 1. The quantitative estimate of drug-likeness (QED) is 0.575. The number of H-pyrrole nitrogens is 1. The van der Waals surface area contributed by atoms with E-state index in [1.54, 1.807) is 6.33 Å². The van der Waals surface area contributed by atoms with Crippen molar-refractivity contribution in [2.45, 2.75) is 13.1 Å². The molecule has 0 unspecified atom stereocenters. The first-order chi connectivity index (χ1) is 11.9. The fourth-order valence-electron chi connectivity index (χ4n) is 2.97. The van der Waals surface area contributed by atoms with Crippen LogP contribution in [0.4, 0.5) is 5.69 Å². The van der Waals surface area contributed by atoms with Gasteiger partial charge in [-0.15, -0.1) is 0 Å². The molecule has 3 aromatic carbocycles. The van der Waals surface area contributed by atoms with E-state index in [0.717, 1.165) is 24.1 Å². The number of nitrogens with one attached hydrogen (secondary N) is 1. The average Bonchev–Trinajstić information content (AvgIpc) is 3.11. The minimum Gasteiger partial charge on any atom is -0.363 e. The summed E-state index contributed by atoms with van der Waals surface area (Å²) in [6.45, 7) is 1.74. The lowest BCUT2D eigenvalue weighted by Crippen LogP contribution is -2.22. The predicted molar refractivity (Wildman–Crippen MR) is 98.9 cm³/mol. The summed E-state index contributed by atoms with van der Waals surface area (Å²) in [5.74, 6) is 0. The molecule has 0 saturated carbocycles. The summed E-state index contributed by atoms with van der Waals surface area (Å²) in [6.07, 6.45) is 1.74. The Bertz CT molecular complexity index is 872. The second kappa shape index (κ2) is 6.59. The van der Waals surface area contributed by atoms with Crippen molar-refractivity contribution in [2.24, 2.45) is 0 Å². The lowest BCUT2D eigenvalue weighted by molar-refractivity contribution is 0.800. The molecule has 4 aromatic rings. The zero-order valence-electron chi connectivity index (χ0n) is 13.4. The number of nitrogens with zero attached hydrogens (tertiary/aromatic N) is 2. The van der Waals surface area contributed by atoms with E-state index in [0.29, 0.717) is 0 Å². The lowest BCUT2D eigenvalue weighted by atomic mass is 10.1. The van der Waals surface area contributed by atoms with Crippen LogP contribution in [0.3, 0.4) is 0 Å². The van der Waals surface area contributed by atoms with Crippen molar-refractivity contribution in [1.82, 2.24) is 9.97 Å². The Morgan fingerprint density at radius 2 is 1.38 bits per heavy atom. The smallest absolute Gasteiger partial charge is 0.0931 e. The van der Waals surface area contributed by atoms with E-state index < -0.39 is 0 Å². The molecule has 0 aliphatic heterocycles. The highest BCUT2D eigenvalue weighted by Crippen LogP contribution is 2.23. The molecular formula is C21H19N3. The molecule has 0 aliphatic rings. The molecule has 3 nitrogen and oxygen atoms in total. The first-order valence-corrected chi connectivity index (χ1v) is 8.14. The van der Waals surface area contributed by atoms with Crippen LogP contribution in [0, 0.1) is 0 Å². The van der Waals surface area contributed by atoms with Gasteiger partial charge in [0.15, 0.2) is 0 Å². The molecule has 0 bridgehead atoms. The van der Waals surface area contributed by atoms with E-state index >= 15 is 0 Å². The number of anilines is 1. The number of fused-ring (bicyclic) bond motifs is 1. The highest BCUT2D eigenvalue weighted by atomic mass is 15.1. The Morgan fingerprint density at radius 3 is 2.00 bits per heavy atom. The largest absolute Gasteiger partial charge is 0.363 e. The van der Waals surface area contributed by atoms with Gasteiger partial charge in [0.05, 0.1) is 17.4 Å². The molecule has 0 atom stereocenters. The fraction of sp³-hybridized carbons (Fsp3) is 0.0952. The Labute approximate surface area is 141 Å². The predicted octanol–water partition coefficient (Wildman–Crippen LogP) is 4.77. The summed E-state index contributed by atoms with van der Waals surface area (Å²) < 4.78 is 0. The van der Waals surface area contributed by atoms with Crippen LogP contribution in [0.25, 0.3) is 11.0 Å². The summed E-state index contributed by atoms with van der Waals surface area (Å²) in [5.41, 5.74) is 5.87. The van der Waals surface area contributed by atoms with Crippen LogP contribution in [0.2, 0.25) is 0 Å². The number of rotatable bonds is 5. The molecule has 0 radical (unpaired) electrons. The summed E-state index contributed by atoms with van der Waals surface area (Å²) in [4.78, 5) is 9.91. The minimum absolute atomic E-state index is 0.870. The van der Waals surface area contributed by atoms with Crippen molar-refractivity contribution >= 4 is 16.7 Å². The summed E-state index contributed by atoms with van der Waals surface area (Å²) in [7, 11) is 0. The number of hydrogen-bond acceptors (Lipinski definition) is 2. The molecule has 0 saturated heterocycles. The van der Waals surface area contributed by atoms with Crippen molar-refractivity contribution in [2.75, 3.05) is 4.90 Å². The Kier molecular flexibility index (Phi) is 3.98. The number of aromatic nitrogens is 2. The second-order valence-corrected chi connectivity index (χ2v) is 5.93. The normalized spacial score (nSPS) is 10.8. The third-order valence-electron chi connectivity index (χ3n) is 4.20. The molecule has 3 heteroatoms. The van der Waals surface area contributed by atoms with E-state index in [1.807, 2.05) is 0 Å². The van der Waals surface area contributed by atoms with Crippen molar-refractivity contribution < 1.29 is 0 Å². The molecule has 4 rings (SSSR count). The van der Waals surface area contributed by atoms with Crippen molar-refractivity contribution in [3.05, 3.63) is 96.3 Å². The van der Waals surface area contributed by atoms with Gasteiger partial charge in [-0.05, 0) is 29.3 Å². The maximum atomic E-state index is 4.31. The third kappa shape index (κ3) is 3.15. The molecule has 24 heavy (non-hydrogen) atoms. The Hall–Kier alpha value is -3.07. The lowest BCUT2D eigenvalue weighted by Gasteiger charge is -2.25. The van der Waals surface area contributed by atoms with Gasteiger partial charge >= 0.3 is 0 Å². The van der Waals surface area contributed by atoms with Crippen molar-refractivity contribution in [1.29, 1.82) is 0 Å². The number of benzene rings is 3. The van der Waals surface area contributed by atoms with Crippen LogP contribution < -0.4 is 4.90 Å². The van der Waals surface area contributed by atoms with Gasteiger partial charge < -0.3 is 9.88 Å². The van der Waals surface area contributed by atoms with Gasteiger partial charge in [0.1, 0.15) is 0 Å². The molecule has 0 fully saturated rings. The Balaban J connectivity index is 1.68. The van der Waals surface area contributed by atoms with Gasteiger partial charge in [0.25, 0.3) is 0 Å². The zero-order chi connectivity index (χ0) is 16.2. The SMILES string of the molecule is c1ccc(CN(Cc2ccccc2)c2ccc3nc[nH]c3c2)cc1. The van der Waals surface area contributed by atoms with Gasteiger partial charge in [-0.25, -0.2) is 4.98 Å². The average molecular weight is 313 g/mol. The van der Waals surface area contributed by atoms with Gasteiger partial charge in [-0.3, -0.25) is 0 Å². The van der Waals surface area contributed by atoms with Gasteiger partial charge in [-0.1, -0.05) is 60.7 Å². The van der Waals surface area contributed by atoms with Crippen molar-refractivity contribution in [3.63, 3.8) is 0 Å². The standard InChI is InChI=1S/C21H19N3/c1-3-7-17(8-4-1)14-24(15-18-9-5-2-6-10-18)19-11-12-20-21(13-19)23-16-22-20/h1-13,16H,14-15H2,(H,22,23). The molecule has 1 aromatic heterocycles. The first kappa shape index (κ1) is 14.5. The van der Waals surface area contributed by atoms with Crippen LogP contribution in [0.1, 0.15) is 11.1 Å². The van der Waals surface area contributed by atoms with Gasteiger partial charge in [0, 0.05) is 18.8 Å². The summed E-state index contributed by atoms with van der Waals surface area (Å²) in [5, 5.41) is 0. The molecule has 118 valence electrons. The van der Waals surface area contributed by atoms with E-state index in [4.69, 9.17) is 0 Å². The van der Waals surface area contributed by atoms with E-state index in [9.17, 15) is 0 Å². The maximum Gasteiger partial charge on any atom is 0.0931 e. The first-order valence-electron chi connectivity index (χ1n) is 8.14. The van der Waals surface area contributed by atoms with Crippen LogP contribution in [0.5, 0.6) is 0 Å². The highest BCUT2D eigenvalue weighted by Gasteiger charge is 2.10. The van der Waals surface area contributed by atoms with Crippen LogP contribution in [-0.4, -0.2) is 9.97 Å². The molecule has 0 aliphatic carbocycles. The molecule has 1 heterocycles. The minimum atomic E-state index is 0.870. The summed E-state index contributed by atoms with van der Waals surface area (Å²) >= 11 is 0. The van der Waals surface area contributed by atoms with E-state index in [2.05, 4.69) is 93.7 Å². The number of imidazole rings is 1.